The standard InChI is InChI=1S/C16H17NO3/c1-2-20-12-9-7-11(8-10-12)17-15(18)13-5-3-4-6-14(13)16(17)19/h3-4,7-10,13-14H,2,5-6H2,1H3. The lowest BCUT2D eigenvalue weighted by Gasteiger charge is -2.15. The van der Waals surface area contributed by atoms with Gasteiger partial charge in [-0.1, -0.05) is 12.2 Å². The van der Waals surface area contributed by atoms with Gasteiger partial charge in [-0.2, -0.15) is 0 Å². The molecule has 0 bridgehead atoms. The van der Waals surface area contributed by atoms with Gasteiger partial charge in [0.15, 0.2) is 0 Å². The van der Waals surface area contributed by atoms with Gasteiger partial charge in [0, 0.05) is 0 Å². The minimum Gasteiger partial charge on any atom is -0.494 e. The van der Waals surface area contributed by atoms with E-state index in [0.717, 1.165) is 5.75 Å². The van der Waals surface area contributed by atoms with Gasteiger partial charge in [-0.05, 0) is 44.0 Å². The third-order valence-electron chi connectivity index (χ3n) is 3.91. The molecule has 4 nitrogen and oxygen atoms in total. The van der Waals surface area contributed by atoms with Gasteiger partial charge in [-0.15, -0.1) is 0 Å². The zero-order chi connectivity index (χ0) is 14.1. The van der Waals surface area contributed by atoms with Crippen LogP contribution in [-0.4, -0.2) is 18.4 Å². The summed E-state index contributed by atoms with van der Waals surface area (Å²) >= 11 is 0. The van der Waals surface area contributed by atoms with Crippen molar-refractivity contribution in [3.8, 4) is 5.75 Å². The second kappa shape index (κ2) is 5.12. The molecule has 0 N–H and O–H groups in total. The lowest BCUT2D eigenvalue weighted by Crippen LogP contribution is -2.30. The molecule has 0 aromatic heterocycles. The number of carbonyl (C=O) groups is 2. The normalized spacial score (nSPS) is 24.9. The van der Waals surface area contributed by atoms with Crippen molar-refractivity contribution in [1.82, 2.24) is 0 Å². The van der Waals surface area contributed by atoms with E-state index in [1.54, 1.807) is 24.3 Å². The Hall–Kier alpha value is -2.10. The number of fused-ring (bicyclic) bond motifs is 1. The molecule has 104 valence electrons. The Morgan fingerprint density at radius 3 is 2.10 bits per heavy atom. The van der Waals surface area contributed by atoms with Crippen molar-refractivity contribution in [3.05, 3.63) is 36.4 Å². The van der Waals surface area contributed by atoms with Crippen molar-refractivity contribution >= 4 is 17.5 Å². The number of rotatable bonds is 3. The van der Waals surface area contributed by atoms with Gasteiger partial charge in [0.25, 0.3) is 0 Å². The van der Waals surface area contributed by atoms with Crippen LogP contribution in [0, 0.1) is 11.8 Å². The zero-order valence-electron chi connectivity index (χ0n) is 11.4. The third-order valence-corrected chi connectivity index (χ3v) is 3.91. The van der Waals surface area contributed by atoms with Gasteiger partial charge in [-0.3, -0.25) is 14.5 Å². The summed E-state index contributed by atoms with van der Waals surface area (Å²) in [5.41, 5.74) is 0.637. The lowest BCUT2D eigenvalue weighted by molar-refractivity contribution is -0.122. The highest BCUT2D eigenvalue weighted by atomic mass is 16.5. The summed E-state index contributed by atoms with van der Waals surface area (Å²) in [5, 5.41) is 0. The maximum absolute atomic E-state index is 12.4. The Labute approximate surface area is 118 Å². The SMILES string of the molecule is CCOc1ccc(N2C(=O)C3CC=CCC3C2=O)cc1. The molecule has 20 heavy (non-hydrogen) atoms. The monoisotopic (exact) mass is 271 g/mol. The van der Waals surface area contributed by atoms with E-state index in [4.69, 9.17) is 4.74 Å². The van der Waals surface area contributed by atoms with Crippen LogP contribution in [0.25, 0.3) is 0 Å². The second-order valence-corrected chi connectivity index (χ2v) is 5.09. The molecule has 1 aromatic rings. The van der Waals surface area contributed by atoms with Gasteiger partial charge >= 0.3 is 0 Å². The highest BCUT2D eigenvalue weighted by Crippen LogP contribution is 2.37. The summed E-state index contributed by atoms with van der Waals surface area (Å²) in [6.45, 7) is 2.51. The molecule has 0 radical (unpaired) electrons. The number of allylic oxidation sites excluding steroid dienone is 2. The molecule has 2 atom stereocenters. The van der Waals surface area contributed by atoms with Crippen LogP contribution in [0.1, 0.15) is 19.8 Å². The van der Waals surface area contributed by atoms with E-state index in [-0.39, 0.29) is 23.7 Å². The van der Waals surface area contributed by atoms with Crippen LogP contribution < -0.4 is 9.64 Å². The van der Waals surface area contributed by atoms with Crippen LogP contribution in [0.4, 0.5) is 5.69 Å². The Morgan fingerprint density at radius 2 is 1.60 bits per heavy atom. The number of hydrogen-bond acceptors (Lipinski definition) is 3. The number of amides is 2. The zero-order valence-corrected chi connectivity index (χ0v) is 11.4. The quantitative estimate of drug-likeness (QED) is 0.627. The molecule has 2 aliphatic rings. The van der Waals surface area contributed by atoms with Crippen molar-refractivity contribution in [2.24, 2.45) is 11.8 Å². The van der Waals surface area contributed by atoms with Gasteiger partial charge in [0.2, 0.25) is 11.8 Å². The summed E-state index contributed by atoms with van der Waals surface area (Å²) in [4.78, 5) is 26.1. The van der Waals surface area contributed by atoms with Crippen LogP contribution in [-0.2, 0) is 9.59 Å². The first-order valence-corrected chi connectivity index (χ1v) is 6.98. The average Bonchev–Trinajstić information content (AvgIpc) is 2.73. The van der Waals surface area contributed by atoms with Crippen molar-refractivity contribution in [3.63, 3.8) is 0 Å². The molecule has 3 rings (SSSR count). The van der Waals surface area contributed by atoms with Crippen molar-refractivity contribution in [2.75, 3.05) is 11.5 Å². The molecule has 1 fully saturated rings. The minimum atomic E-state index is -0.181. The van der Waals surface area contributed by atoms with Crippen LogP contribution in [0.15, 0.2) is 36.4 Å². The molecular weight excluding hydrogens is 254 g/mol. The fraction of sp³-hybridized carbons (Fsp3) is 0.375. The maximum atomic E-state index is 12.4. The van der Waals surface area contributed by atoms with Crippen LogP contribution in [0.5, 0.6) is 5.75 Å². The first kappa shape index (κ1) is 12.9. The average molecular weight is 271 g/mol. The van der Waals surface area contributed by atoms with E-state index in [2.05, 4.69) is 0 Å². The molecule has 1 aliphatic carbocycles. The van der Waals surface area contributed by atoms with E-state index in [1.807, 2.05) is 19.1 Å². The summed E-state index contributed by atoms with van der Waals surface area (Å²) in [6, 6.07) is 7.12. The molecule has 2 amide bonds. The van der Waals surface area contributed by atoms with Gasteiger partial charge in [-0.25, -0.2) is 0 Å². The molecule has 0 spiro atoms. The number of benzene rings is 1. The Kier molecular flexibility index (Phi) is 3.30. The molecule has 1 heterocycles. The fourth-order valence-electron chi connectivity index (χ4n) is 2.91. The predicted octanol–water partition coefficient (Wildman–Crippen LogP) is 2.54. The smallest absolute Gasteiger partial charge is 0.238 e. The Morgan fingerprint density at radius 1 is 1.05 bits per heavy atom. The van der Waals surface area contributed by atoms with Crippen molar-refractivity contribution in [2.45, 2.75) is 19.8 Å². The molecule has 0 saturated carbocycles. The van der Waals surface area contributed by atoms with E-state index < -0.39 is 0 Å². The van der Waals surface area contributed by atoms with E-state index in [0.29, 0.717) is 25.1 Å². The van der Waals surface area contributed by atoms with Gasteiger partial charge in [0.1, 0.15) is 5.75 Å². The largest absolute Gasteiger partial charge is 0.494 e. The Bertz CT molecular complexity index is 536. The number of ether oxygens (including phenoxy) is 1. The number of carbonyl (C=O) groups excluding carboxylic acids is 2. The molecule has 2 unspecified atom stereocenters. The maximum Gasteiger partial charge on any atom is 0.238 e. The number of nitrogens with zero attached hydrogens (tertiary/aromatic N) is 1. The molecule has 4 heteroatoms. The van der Waals surface area contributed by atoms with Crippen molar-refractivity contribution < 1.29 is 14.3 Å². The van der Waals surface area contributed by atoms with E-state index in [9.17, 15) is 9.59 Å². The number of hydrogen-bond donors (Lipinski definition) is 0. The summed E-state index contributed by atoms with van der Waals surface area (Å²) in [7, 11) is 0. The fourth-order valence-corrected chi connectivity index (χ4v) is 2.91. The number of anilines is 1. The predicted molar refractivity (Wildman–Crippen MR) is 75.5 cm³/mol. The minimum absolute atomic E-state index is 0.0755. The topological polar surface area (TPSA) is 46.6 Å². The number of imide groups is 1. The highest BCUT2D eigenvalue weighted by molar-refractivity contribution is 6.22. The molecule has 1 saturated heterocycles. The lowest BCUT2D eigenvalue weighted by atomic mass is 9.85. The van der Waals surface area contributed by atoms with Gasteiger partial charge in [0.05, 0.1) is 24.1 Å². The van der Waals surface area contributed by atoms with E-state index in [1.165, 1.54) is 4.90 Å². The summed E-state index contributed by atoms with van der Waals surface area (Å²) in [6.07, 6.45) is 5.33. The van der Waals surface area contributed by atoms with Crippen LogP contribution in [0.2, 0.25) is 0 Å². The second-order valence-electron chi connectivity index (χ2n) is 5.09. The first-order valence-electron chi connectivity index (χ1n) is 6.98. The molecule has 1 aromatic carbocycles. The molecule has 1 aliphatic heterocycles. The van der Waals surface area contributed by atoms with Crippen LogP contribution >= 0.6 is 0 Å². The summed E-state index contributed by atoms with van der Waals surface area (Å²) in [5.74, 6) is 0.231. The van der Waals surface area contributed by atoms with Crippen LogP contribution in [0.3, 0.4) is 0 Å². The third kappa shape index (κ3) is 2.01. The molecular formula is C16H17NO3. The van der Waals surface area contributed by atoms with Gasteiger partial charge < -0.3 is 4.74 Å². The van der Waals surface area contributed by atoms with E-state index >= 15 is 0 Å². The highest BCUT2D eigenvalue weighted by Gasteiger charge is 2.47. The van der Waals surface area contributed by atoms with Crippen molar-refractivity contribution in [1.29, 1.82) is 0 Å². The first-order chi connectivity index (χ1) is 9.72. The Balaban J connectivity index is 1.86. The summed E-state index contributed by atoms with van der Waals surface area (Å²) < 4.78 is 5.37.